The highest BCUT2D eigenvalue weighted by Crippen LogP contribution is 2.25. The third-order valence-electron chi connectivity index (χ3n) is 5.19. The van der Waals surface area contributed by atoms with Crippen LogP contribution in [0, 0.1) is 0 Å². The first kappa shape index (κ1) is 17.5. The average molecular weight is 375 g/mol. The molecule has 0 bridgehead atoms. The number of carbonyl (C=O) groups excluding carboxylic acids is 1. The molecule has 26 heavy (non-hydrogen) atoms. The van der Waals surface area contributed by atoms with Gasteiger partial charge in [-0.3, -0.25) is 4.79 Å². The molecule has 7 heteroatoms. The van der Waals surface area contributed by atoms with Crippen LogP contribution < -0.4 is 5.32 Å². The van der Waals surface area contributed by atoms with Crippen molar-refractivity contribution in [2.45, 2.75) is 56.0 Å². The zero-order valence-corrected chi connectivity index (χ0v) is 15.7. The Bertz CT molecular complexity index is 909. The predicted molar refractivity (Wildman–Crippen MR) is 100 cm³/mol. The van der Waals surface area contributed by atoms with E-state index in [2.05, 4.69) is 9.88 Å². The van der Waals surface area contributed by atoms with E-state index < -0.39 is 10.0 Å². The molecule has 1 amide bonds. The molecule has 2 aromatic rings. The maximum absolute atomic E-state index is 12.7. The van der Waals surface area contributed by atoms with Crippen molar-refractivity contribution < 1.29 is 13.2 Å². The zero-order valence-electron chi connectivity index (χ0n) is 14.9. The number of hydrogen-bond acceptors (Lipinski definition) is 3. The lowest BCUT2D eigenvalue weighted by molar-refractivity contribution is -0.121. The van der Waals surface area contributed by atoms with Crippen LogP contribution in [0.2, 0.25) is 0 Å². The van der Waals surface area contributed by atoms with Crippen LogP contribution in [-0.2, 0) is 21.4 Å². The van der Waals surface area contributed by atoms with Gasteiger partial charge in [0.25, 0.3) is 0 Å². The van der Waals surface area contributed by atoms with Crippen molar-refractivity contribution in [1.82, 2.24) is 14.2 Å². The molecule has 0 unspecified atom stereocenters. The second-order valence-electron chi connectivity index (χ2n) is 7.29. The Kier molecular flexibility index (Phi) is 4.75. The molecule has 0 radical (unpaired) electrons. The Morgan fingerprint density at radius 3 is 2.65 bits per heavy atom. The smallest absolute Gasteiger partial charge is 0.243 e. The number of benzene rings is 1. The molecule has 2 heterocycles. The van der Waals surface area contributed by atoms with E-state index in [1.165, 1.54) is 0 Å². The molecule has 1 saturated heterocycles. The van der Waals surface area contributed by atoms with Gasteiger partial charge in [-0.25, -0.2) is 8.42 Å². The van der Waals surface area contributed by atoms with Gasteiger partial charge in [0.15, 0.2) is 0 Å². The predicted octanol–water partition coefficient (Wildman–Crippen LogP) is 2.48. The minimum absolute atomic E-state index is 0.128. The fourth-order valence-corrected chi connectivity index (χ4v) is 5.10. The Balaban J connectivity index is 1.44. The number of nitrogens with zero attached hydrogens (tertiary/aromatic N) is 2. The molecule has 1 aromatic carbocycles. The summed E-state index contributed by atoms with van der Waals surface area (Å²) in [7, 11) is -3.38. The van der Waals surface area contributed by atoms with Crippen molar-refractivity contribution in [2.75, 3.05) is 13.1 Å². The number of rotatable bonds is 7. The Morgan fingerprint density at radius 2 is 1.92 bits per heavy atom. The van der Waals surface area contributed by atoms with E-state index in [1.807, 2.05) is 18.3 Å². The molecule has 1 aromatic heterocycles. The molecule has 140 valence electrons. The van der Waals surface area contributed by atoms with Gasteiger partial charge in [-0.05, 0) is 56.4 Å². The number of nitrogens with one attached hydrogen (secondary N) is 1. The first-order valence-electron chi connectivity index (χ1n) is 9.42. The number of aromatic nitrogens is 1. The van der Waals surface area contributed by atoms with Gasteiger partial charge in [-0.2, -0.15) is 4.31 Å². The third kappa shape index (κ3) is 3.64. The minimum atomic E-state index is -3.38. The molecule has 1 aliphatic carbocycles. The van der Waals surface area contributed by atoms with E-state index >= 15 is 0 Å². The number of fused-ring (bicyclic) bond motifs is 1. The first-order chi connectivity index (χ1) is 12.5. The SMILES string of the molecule is O=C(CCCn1ccc2cc(S(=O)(=O)N3CCCC3)ccc21)NC1CC1. The van der Waals surface area contributed by atoms with E-state index in [4.69, 9.17) is 0 Å². The summed E-state index contributed by atoms with van der Waals surface area (Å²) in [6, 6.07) is 7.70. The van der Waals surface area contributed by atoms with Crippen LogP contribution in [0.25, 0.3) is 10.9 Å². The summed E-state index contributed by atoms with van der Waals surface area (Å²) in [4.78, 5) is 12.1. The van der Waals surface area contributed by atoms with Gasteiger partial charge in [0.05, 0.1) is 4.90 Å². The second-order valence-corrected chi connectivity index (χ2v) is 9.22. The van der Waals surface area contributed by atoms with Crippen molar-refractivity contribution >= 4 is 26.8 Å². The standard InChI is InChI=1S/C19H25N3O3S/c23-19(20-16-5-6-16)4-3-10-21-13-9-15-14-17(7-8-18(15)21)26(24,25)22-11-1-2-12-22/h7-9,13-14,16H,1-6,10-12H2,(H,20,23). The highest BCUT2D eigenvalue weighted by atomic mass is 32.2. The van der Waals surface area contributed by atoms with Crippen molar-refractivity contribution in [3.8, 4) is 0 Å². The quantitative estimate of drug-likeness (QED) is 0.808. The fourth-order valence-electron chi connectivity index (χ4n) is 3.55. The van der Waals surface area contributed by atoms with Crippen LogP contribution in [0.1, 0.15) is 38.5 Å². The van der Waals surface area contributed by atoms with E-state index in [1.54, 1.807) is 16.4 Å². The fraction of sp³-hybridized carbons (Fsp3) is 0.526. The minimum Gasteiger partial charge on any atom is -0.353 e. The molecule has 1 N–H and O–H groups in total. The maximum atomic E-state index is 12.7. The highest BCUT2D eigenvalue weighted by Gasteiger charge is 2.27. The summed E-state index contributed by atoms with van der Waals surface area (Å²) in [6.45, 7) is 1.98. The molecule has 1 saturated carbocycles. The molecule has 6 nitrogen and oxygen atoms in total. The summed E-state index contributed by atoms with van der Waals surface area (Å²) >= 11 is 0. The molecule has 2 fully saturated rings. The van der Waals surface area contributed by atoms with Gasteiger partial charge in [0.2, 0.25) is 15.9 Å². The van der Waals surface area contributed by atoms with Crippen molar-refractivity contribution in [1.29, 1.82) is 0 Å². The van der Waals surface area contributed by atoms with E-state index in [9.17, 15) is 13.2 Å². The molecule has 4 rings (SSSR count). The van der Waals surface area contributed by atoms with E-state index in [0.717, 1.165) is 49.6 Å². The maximum Gasteiger partial charge on any atom is 0.243 e. The van der Waals surface area contributed by atoms with Crippen LogP contribution in [-0.4, -0.2) is 42.3 Å². The van der Waals surface area contributed by atoms with Gasteiger partial charge in [0, 0.05) is 49.2 Å². The summed E-state index contributed by atoms with van der Waals surface area (Å²) in [6.07, 6.45) is 7.36. The van der Waals surface area contributed by atoms with Crippen LogP contribution in [0.3, 0.4) is 0 Å². The van der Waals surface area contributed by atoms with Gasteiger partial charge in [-0.1, -0.05) is 0 Å². The molecule has 2 aliphatic rings. The van der Waals surface area contributed by atoms with Gasteiger partial charge in [0.1, 0.15) is 0 Å². The monoisotopic (exact) mass is 375 g/mol. The summed E-state index contributed by atoms with van der Waals surface area (Å²) in [5.41, 5.74) is 1.01. The summed E-state index contributed by atoms with van der Waals surface area (Å²) in [5, 5.41) is 3.93. The van der Waals surface area contributed by atoms with Crippen LogP contribution >= 0.6 is 0 Å². The number of sulfonamides is 1. The van der Waals surface area contributed by atoms with Gasteiger partial charge < -0.3 is 9.88 Å². The molecule has 0 atom stereocenters. The van der Waals surface area contributed by atoms with Crippen molar-refractivity contribution in [3.05, 3.63) is 30.5 Å². The van der Waals surface area contributed by atoms with Gasteiger partial charge in [-0.15, -0.1) is 0 Å². The lowest BCUT2D eigenvalue weighted by atomic mass is 10.2. The Labute approximate surface area is 154 Å². The van der Waals surface area contributed by atoms with Crippen molar-refractivity contribution in [2.24, 2.45) is 0 Å². The largest absolute Gasteiger partial charge is 0.353 e. The average Bonchev–Trinajstić information content (AvgIpc) is 3.12. The topological polar surface area (TPSA) is 71.4 Å². The summed E-state index contributed by atoms with van der Waals surface area (Å²) in [5.74, 6) is 0.128. The normalized spacial score (nSPS) is 18.5. The first-order valence-corrected chi connectivity index (χ1v) is 10.9. The lowest BCUT2D eigenvalue weighted by Crippen LogP contribution is -2.27. The lowest BCUT2D eigenvalue weighted by Gasteiger charge is -2.15. The van der Waals surface area contributed by atoms with E-state index in [0.29, 0.717) is 30.4 Å². The molecule has 1 aliphatic heterocycles. The van der Waals surface area contributed by atoms with Crippen LogP contribution in [0.5, 0.6) is 0 Å². The number of aryl methyl sites for hydroxylation is 1. The molecule has 0 spiro atoms. The second kappa shape index (κ2) is 7.04. The third-order valence-corrected chi connectivity index (χ3v) is 7.09. The summed E-state index contributed by atoms with van der Waals surface area (Å²) < 4.78 is 29.1. The highest BCUT2D eigenvalue weighted by molar-refractivity contribution is 7.89. The van der Waals surface area contributed by atoms with Gasteiger partial charge >= 0.3 is 0 Å². The Hall–Kier alpha value is -1.86. The number of amides is 1. The van der Waals surface area contributed by atoms with E-state index in [-0.39, 0.29) is 5.91 Å². The van der Waals surface area contributed by atoms with Crippen LogP contribution in [0.4, 0.5) is 0 Å². The zero-order chi connectivity index (χ0) is 18.1. The van der Waals surface area contributed by atoms with Crippen LogP contribution in [0.15, 0.2) is 35.4 Å². The van der Waals surface area contributed by atoms with Crippen molar-refractivity contribution in [3.63, 3.8) is 0 Å². The molecular formula is C19H25N3O3S. The number of hydrogen-bond donors (Lipinski definition) is 1. The Morgan fingerprint density at radius 1 is 1.15 bits per heavy atom. The number of carbonyl (C=O) groups is 1. The molecular weight excluding hydrogens is 350 g/mol.